The number of rotatable bonds is 1. The van der Waals surface area contributed by atoms with Gasteiger partial charge in [0.25, 0.3) is 0 Å². The van der Waals surface area contributed by atoms with Gasteiger partial charge in [0, 0.05) is 17.1 Å². The van der Waals surface area contributed by atoms with Crippen molar-refractivity contribution in [3.63, 3.8) is 0 Å². The summed E-state index contributed by atoms with van der Waals surface area (Å²) in [5, 5.41) is 1.19. The number of hydrogen-bond donors (Lipinski definition) is 1. The molecule has 1 saturated carbocycles. The first-order valence-electron chi connectivity index (χ1n) is 7.23. The summed E-state index contributed by atoms with van der Waals surface area (Å²) in [6.07, 6.45) is 5.23. The van der Waals surface area contributed by atoms with Crippen molar-refractivity contribution < 1.29 is 0 Å². The molecule has 1 fully saturated rings. The monoisotopic (exact) mass is 254 g/mol. The maximum absolute atomic E-state index is 6.70. The van der Waals surface area contributed by atoms with Gasteiger partial charge in [0.05, 0.1) is 5.52 Å². The van der Waals surface area contributed by atoms with Gasteiger partial charge in [-0.15, -0.1) is 0 Å². The van der Waals surface area contributed by atoms with Crippen LogP contribution in [0.2, 0.25) is 0 Å². The van der Waals surface area contributed by atoms with Crippen LogP contribution in [0.25, 0.3) is 10.9 Å². The molecule has 0 amide bonds. The van der Waals surface area contributed by atoms with Gasteiger partial charge in [-0.2, -0.15) is 0 Å². The molecule has 1 heterocycles. The molecule has 2 aromatic rings. The van der Waals surface area contributed by atoms with Gasteiger partial charge in [-0.1, -0.05) is 26.0 Å². The highest BCUT2D eigenvalue weighted by molar-refractivity contribution is 5.79. The molecule has 0 saturated heterocycles. The normalized spacial score (nSPS) is 31.5. The van der Waals surface area contributed by atoms with E-state index in [-0.39, 0.29) is 5.54 Å². The van der Waals surface area contributed by atoms with Crippen molar-refractivity contribution in [2.75, 3.05) is 0 Å². The first-order chi connectivity index (χ1) is 9.08. The van der Waals surface area contributed by atoms with Gasteiger partial charge in [0.1, 0.15) is 0 Å². The number of fused-ring (bicyclic) bond motifs is 1. The number of pyridine rings is 1. The highest BCUT2D eigenvalue weighted by Crippen LogP contribution is 2.41. The van der Waals surface area contributed by atoms with Crippen molar-refractivity contribution >= 4 is 10.9 Å². The predicted molar refractivity (Wildman–Crippen MR) is 79.8 cm³/mol. The zero-order chi connectivity index (χ0) is 13.5. The van der Waals surface area contributed by atoms with Crippen LogP contribution in [0.3, 0.4) is 0 Å². The average molecular weight is 254 g/mol. The zero-order valence-corrected chi connectivity index (χ0v) is 11.8. The molecule has 100 valence electrons. The van der Waals surface area contributed by atoms with Crippen molar-refractivity contribution in [3.8, 4) is 0 Å². The van der Waals surface area contributed by atoms with E-state index in [2.05, 4.69) is 43.1 Å². The maximum atomic E-state index is 6.70. The van der Waals surface area contributed by atoms with Crippen molar-refractivity contribution in [3.05, 3.63) is 42.1 Å². The van der Waals surface area contributed by atoms with Gasteiger partial charge in [-0.05, 0) is 54.9 Å². The number of hydrogen-bond acceptors (Lipinski definition) is 2. The Morgan fingerprint density at radius 2 is 2.05 bits per heavy atom. The smallest absolute Gasteiger partial charge is 0.0702 e. The first kappa shape index (κ1) is 12.6. The summed E-state index contributed by atoms with van der Waals surface area (Å²) in [7, 11) is 0. The fourth-order valence-electron chi connectivity index (χ4n) is 3.30. The molecule has 2 nitrogen and oxygen atoms in total. The molecule has 0 spiro atoms. The van der Waals surface area contributed by atoms with Crippen LogP contribution < -0.4 is 5.73 Å². The molecule has 3 rings (SSSR count). The zero-order valence-electron chi connectivity index (χ0n) is 11.8. The molecular weight excluding hydrogens is 232 g/mol. The Morgan fingerprint density at radius 3 is 2.84 bits per heavy atom. The van der Waals surface area contributed by atoms with Crippen molar-refractivity contribution in [2.45, 2.75) is 38.6 Å². The Balaban J connectivity index is 1.99. The lowest BCUT2D eigenvalue weighted by Crippen LogP contribution is -2.43. The predicted octanol–water partition coefficient (Wildman–Crippen LogP) is 3.84. The molecule has 19 heavy (non-hydrogen) atoms. The van der Waals surface area contributed by atoms with Crippen LogP contribution in [0.4, 0.5) is 0 Å². The Morgan fingerprint density at radius 1 is 1.21 bits per heavy atom. The van der Waals surface area contributed by atoms with E-state index in [1.54, 1.807) is 0 Å². The third kappa shape index (κ3) is 2.25. The second kappa shape index (κ2) is 4.61. The van der Waals surface area contributed by atoms with Crippen molar-refractivity contribution in [2.24, 2.45) is 17.6 Å². The van der Waals surface area contributed by atoms with Crippen LogP contribution in [0.5, 0.6) is 0 Å². The molecule has 1 aromatic carbocycles. The summed E-state index contributed by atoms with van der Waals surface area (Å²) < 4.78 is 0. The summed E-state index contributed by atoms with van der Waals surface area (Å²) >= 11 is 0. The number of nitrogens with zero attached hydrogens (tertiary/aromatic N) is 1. The van der Waals surface area contributed by atoms with Gasteiger partial charge in [-0.25, -0.2) is 0 Å². The minimum absolute atomic E-state index is 0.157. The molecule has 1 aliphatic carbocycles. The van der Waals surface area contributed by atoms with Crippen LogP contribution >= 0.6 is 0 Å². The highest BCUT2D eigenvalue weighted by atomic mass is 14.8. The third-order valence-electron chi connectivity index (χ3n) is 4.88. The Bertz CT molecular complexity index is 593. The van der Waals surface area contributed by atoms with Crippen molar-refractivity contribution in [1.29, 1.82) is 0 Å². The lowest BCUT2D eigenvalue weighted by molar-refractivity contribution is 0.177. The minimum atomic E-state index is -0.157. The molecule has 1 aromatic heterocycles. The van der Waals surface area contributed by atoms with E-state index in [1.165, 1.54) is 17.4 Å². The van der Waals surface area contributed by atoms with E-state index in [4.69, 9.17) is 5.73 Å². The molecule has 2 heteroatoms. The fraction of sp³-hybridized carbons (Fsp3) is 0.471. The summed E-state index contributed by atoms with van der Waals surface area (Å²) in [6, 6.07) is 10.6. The summed E-state index contributed by atoms with van der Waals surface area (Å²) in [5.74, 6) is 1.49. The summed E-state index contributed by atoms with van der Waals surface area (Å²) in [5.41, 5.74) is 8.87. The summed E-state index contributed by atoms with van der Waals surface area (Å²) in [4.78, 5) is 4.38. The molecule has 3 unspecified atom stereocenters. The van der Waals surface area contributed by atoms with E-state index in [0.29, 0.717) is 5.92 Å². The third-order valence-corrected chi connectivity index (χ3v) is 4.88. The molecule has 2 N–H and O–H groups in total. The Hall–Kier alpha value is -1.41. The molecule has 1 aliphatic rings. The van der Waals surface area contributed by atoms with Crippen molar-refractivity contribution in [1.82, 2.24) is 4.98 Å². The lowest BCUT2D eigenvalue weighted by atomic mass is 9.69. The van der Waals surface area contributed by atoms with Gasteiger partial charge in [0.15, 0.2) is 0 Å². The summed E-state index contributed by atoms with van der Waals surface area (Å²) in [6.45, 7) is 4.67. The molecule has 0 radical (unpaired) electrons. The maximum Gasteiger partial charge on any atom is 0.0702 e. The van der Waals surface area contributed by atoms with Gasteiger partial charge < -0.3 is 5.73 Å². The van der Waals surface area contributed by atoms with Crippen LogP contribution in [0.1, 0.15) is 38.7 Å². The SMILES string of the molecule is CC1CCC(N)(c2ccc3ncccc3c2)CC1C. The average Bonchev–Trinajstić information content (AvgIpc) is 2.43. The van der Waals surface area contributed by atoms with E-state index in [0.717, 1.165) is 24.3 Å². The lowest BCUT2D eigenvalue weighted by Gasteiger charge is -2.40. The van der Waals surface area contributed by atoms with E-state index < -0.39 is 0 Å². The Kier molecular flexibility index (Phi) is 3.06. The van der Waals surface area contributed by atoms with E-state index in [9.17, 15) is 0 Å². The van der Waals surface area contributed by atoms with Crippen LogP contribution in [0.15, 0.2) is 36.5 Å². The van der Waals surface area contributed by atoms with Gasteiger partial charge in [0.2, 0.25) is 0 Å². The minimum Gasteiger partial charge on any atom is -0.321 e. The second-order valence-corrected chi connectivity index (χ2v) is 6.26. The topological polar surface area (TPSA) is 38.9 Å². The van der Waals surface area contributed by atoms with E-state index >= 15 is 0 Å². The Labute approximate surface area is 115 Å². The fourth-order valence-corrected chi connectivity index (χ4v) is 3.30. The molecule has 0 aliphatic heterocycles. The molecule has 3 atom stereocenters. The number of benzene rings is 1. The standard InChI is InChI=1S/C17H22N2/c1-12-7-8-17(18,11-13(12)2)15-5-6-16-14(10-15)4-3-9-19-16/h3-6,9-10,12-13H,7-8,11,18H2,1-2H3. The van der Waals surface area contributed by atoms with E-state index in [1.807, 2.05) is 12.3 Å². The molecule has 0 bridgehead atoms. The first-order valence-corrected chi connectivity index (χ1v) is 7.23. The van der Waals surface area contributed by atoms with Gasteiger partial charge >= 0.3 is 0 Å². The quantitative estimate of drug-likeness (QED) is 0.839. The van der Waals surface area contributed by atoms with Crippen LogP contribution in [0, 0.1) is 11.8 Å². The van der Waals surface area contributed by atoms with Crippen LogP contribution in [-0.4, -0.2) is 4.98 Å². The number of nitrogens with two attached hydrogens (primary N) is 1. The van der Waals surface area contributed by atoms with Crippen LogP contribution in [-0.2, 0) is 5.54 Å². The number of aromatic nitrogens is 1. The largest absolute Gasteiger partial charge is 0.321 e. The second-order valence-electron chi connectivity index (χ2n) is 6.26. The molecular formula is C17H22N2. The van der Waals surface area contributed by atoms with Gasteiger partial charge in [-0.3, -0.25) is 4.98 Å². The highest BCUT2D eigenvalue weighted by Gasteiger charge is 2.35.